The lowest BCUT2D eigenvalue weighted by Gasteiger charge is -2.15. The number of amides is 1. The van der Waals surface area contributed by atoms with Gasteiger partial charge in [0.15, 0.2) is 17.1 Å². The molecule has 3 rings (SSSR count). The number of rotatable bonds is 7. The first kappa shape index (κ1) is 21.9. The van der Waals surface area contributed by atoms with E-state index in [4.69, 9.17) is 4.74 Å². The molecule has 6 nitrogen and oxygen atoms in total. The van der Waals surface area contributed by atoms with Gasteiger partial charge in [-0.15, -0.1) is 10.2 Å². The number of nitrogens with one attached hydrogen (secondary N) is 1. The van der Waals surface area contributed by atoms with Crippen LogP contribution in [0.4, 0.5) is 5.69 Å². The molecule has 0 aliphatic heterocycles. The van der Waals surface area contributed by atoms with E-state index in [1.165, 1.54) is 17.3 Å². The molecule has 0 aliphatic rings. The predicted molar refractivity (Wildman–Crippen MR) is 121 cm³/mol. The lowest BCUT2D eigenvalue weighted by Crippen LogP contribution is -2.15. The molecule has 7 heteroatoms. The molecule has 3 aromatic rings. The van der Waals surface area contributed by atoms with Gasteiger partial charge in [0.1, 0.15) is 5.75 Å². The van der Waals surface area contributed by atoms with Gasteiger partial charge in [-0.1, -0.05) is 23.9 Å². The second-order valence-corrected chi connectivity index (χ2v) is 8.56. The number of ether oxygens (including phenoxy) is 1. The molecule has 0 fully saturated rings. The van der Waals surface area contributed by atoms with Gasteiger partial charge >= 0.3 is 0 Å². The molecule has 0 bridgehead atoms. The maximum absolute atomic E-state index is 12.3. The van der Waals surface area contributed by atoms with Crippen molar-refractivity contribution in [3.8, 4) is 5.75 Å². The summed E-state index contributed by atoms with van der Waals surface area (Å²) in [7, 11) is 1.89. The Balaban J connectivity index is 1.60. The van der Waals surface area contributed by atoms with E-state index >= 15 is 0 Å². The molecule has 1 N–H and O–H groups in total. The largest absolute Gasteiger partial charge is 0.483 e. The SMILES string of the molecule is Cc1cc(C)cc(OC(C)c2nnc(SCC(=O)Nc3ccc(C)c(C)c3)n2C)c1. The van der Waals surface area contributed by atoms with Crippen molar-refractivity contribution in [2.45, 2.75) is 45.9 Å². The van der Waals surface area contributed by atoms with Gasteiger partial charge in [0, 0.05) is 12.7 Å². The first-order chi connectivity index (χ1) is 14.2. The molecule has 1 aromatic heterocycles. The minimum Gasteiger partial charge on any atom is -0.483 e. The fourth-order valence-corrected chi connectivity index (χ4v) is 3.93. The van der Waals surface area contributed by atoms with Crippen molar-refractivity contribution in [1.29, 1.82) is 0 Å². The number of thioether (sulfide) groups is 1. The summed E-state index contributed by atoms with van der Waals surface area (Å²) in [5.74, 6) is 1.70. The Morgan fingerprint density at radius 1 is 1.07 bits per heavy atom. The van der Waals surface area contributed by atoms with E-state index in [0.717, 1.165) is 28.1 Å². The third-order valence-corrected chi connectivity index (χ3v) is 5.88. The molecule has 158 valence electrons. The molecule has 2 aromatic carbocycles. The summed E-state index contributed by atoms with van der Waals surface area (Å²) in [4.78, 5) is 12.3. The highest BCUT2D eigenvalue weighted by Crippen LogP contribution is 2.25. The number of anilines is 1. The van der Waals surface area contributed by atoms with Gasteiger partial charge in [-0.2, -0.15) is 0 Å². The van der Waals surface area contributed by atoms with E-state index in [9.17, 15) is 4.79 Å². The first-order valence-electron chi connectivity index (χ1n) is 9.87. The standard InChI is InChI=1S/C23H28N4O2S/c1-14-9-15(2)11-20(10-14)29-18(5)22-25-26-23(27(22)6)30-13-21(28)24-19-8-7-16(3)17(4)12-19/h7-12,18H,13H2,1-6H3,(H,24,28). The molecule has 0 saturated carbocycles. The van der Waals surface area contributed by atoms with Crippen LogP contribution >= 0.6 is 11.8 Å². The summed E-state index contributed by atoms with van der Waals surface area (Å²) in [5.41, 5.74) is 5.46. The van der Waals surface area contributed by atoms with E-state index in [1.54, 1.807) is 0 Å². The minimum atomic E-state index is -0.262. The van der Waals surface area contributed by atoms with E-state index < -0.39 is 0 Å². The summed E-state index contributed by atoms with van der Waals surface area (Å²) in [6.45, 7) is 10.1. The number of aryl methyl sites for hydroxylation is 4. The van der Waals surface area contributed by atoms with Crippen molar-refractivity contribution in [3.05, 3.63) is 64.5 Å². The van der Waals surface area contributed by atoms with Gasteiger partial charge < -0.3 is 14.6 Å². The van der Waals surface area contributed by atoms with Crippen molar-refractivity contribution in [2.24, 2.45) is 7.05 Å². The Morgan fingerprint density at radius 3 is 2.43 bits per heavy atom. The molecule has 0 aliphatic carbocycles. The van der Waals surface area contributed by atoms with Crippen LogP contribution in [-0.2, 0) is 11.8 Å². The van der Waals surface area contributed by atoms with Crippen molar-refractivity contribution >= 4 is 23.4 Å². The van der Waals surface area contributed by atoms with E-state index in [0.29, 0.717) is 11.0 Å². The summed E-state index contributed by atoms with van der Waals surface area (Å²) in [6.07, 6.45) is -0.262. The van der Waals surface area contributed by atoms with Crippen molar-refractivity contribution < 1.29 is 9.53 Å². The van der Waals surface area contributed by atoms with Crippen LogP contribution < -0.4 is 10.1 Å². The van der Waals surface area contributed by atoms with Crippen LogP contribution in [0.25, 0.3) is 0 Å². The van der Waals surface area contributed by atoms with Crippen molar-refractivity contribution in [1.82, 2.24) is 14.8 Å². The van der Waals surface area contributed by atoms with E-state index in [-0.39, 0.29) is 17.8 Å². The smallest absolute Gasteiger partial charge is 0.234 e. The summed E-state index contributed by atoms with van der Waals surface area (Å²) >= 11 is 1.35. The van der Waals surface area contributed by atoms with Crippen LogP contribution in [0.2, 0.25) is 0 Å². The molecule has 1 unspecified atom stereocenters. The van der Waals surface area contributed by atoms with Crippen molar-refractivity contribution in [3.63, 3.8) is 0 Å². The number of benzene rings is 2. The zero-order valence-corrected chi connectivity index (χ0v) is 19.1. The topological polar surface area (TPSA) is 69.0 Å². The first-order valence-corrected chi connectivity index (χ1v) is 10.9. The molecule has 1 amide bonds. The monoisotopic (exact) mass is 424 g/mol. The molecule has 1 heterocycles. The number of hydrogen-bond donors (Lipinski definition) is 1. The number of carbonyl (C=O) groups excluding carboxylic acids is 1. The molecule has 30 heavy (non-hydrogen) atoms. The summed E-state index contributed by atoms with van der Waals surface area (Å²) in [6, 6.07) is 12.0. The Kier molecular flexibility index (Phi) is 6.82. The number of nitrogens with zero attached hydrogens (tertiary/aromatic N) is 3. The Hall–Kier alpha value is -2.80. The highest BCUT2D eigenvalue weighted by Gasteiger charge is 2.18. The fourth-order valence-electron chi connectivity index (χ4n) is 3.21. The number of hydrogen-bond acceptors (Lipinski definition) is 5. The van der Waals surface area contributed by atoms with E-state index in [2.05, 4.69) is 21.6 Å². The van der Waals surface area contributed by atoms with Crippen molar-refractivity contribution in [2.75, 3.05) is 11.1 Å². The minimum absolute atomic E-state index is 0.0765. The van der Waals surface area contributed by atoms with Crippen LogP contribution in [0.5, 0.6) is 5.75 Å². The van der Waals surface area contributed by atoms with Crippen LogP contribution in [0.15, 0.2) is 41.6 Å². The van der Waals surface area contributed by atoms with Gasteiger partial charge in [-0.05, 0) is 81.1 Å². The van der Waals surface area contributed by atoms with E-state index in [1.807, 2.05) is 76.6 Å². The molecular weight excluding hydrogens is 396 g/mol. The third-order valence-electron chi connectivity index (χ3n) is 4.86. The highest BCUT2D eigenvalue weighted by atomic mass is 32.2. The molecule has 0 radical (unpaired) electrons. The summed E-state index contributed by atoms with van der Waals surface area (Å²) in [5, 5.41) is 12.1. The zero-order chi connectivity index (χ0) is 21.8. The Bertz CT molecular complexity index is 1040. The Labute approximate surface area is 182 Å². The lowest BCUT2D eigenvalue weighted by atomic mass is 10.1. The second-order valence-electron chi connectivity index (χ2n) is 7.62. The van der Waals surface area contributed by atoms with Gasteiger partial charge in [-0.25, -0.2) is 0 Å². The van der Waals surface area contributed by atoms with Crippen LogP contribution in [-0.4, -0.2) is 26.4 Å². The predicted octanol–water partition coefficient (Wildman–Crippen LogP) is 4.92. The number of carbonyl (C=O) groups is 1. The molecule has 1 atom stereocenters. The van der Waals surface area contributed by atoms with Gasteiger partial charge in [0.05, 0.1) is 5.75 Å². The second kappa shape index (κ2) is 9.34. The Morgan fingerprint density at radius 2 is 1.77 bits per heavy atom. The number of aromatic nitrogens is 3. The van der Waals surface area contributed by atoms with Gasteiger partial charge in [0.25, 0.3) is 0 Å². The highest BCUT2D eigenvalue weighted by molar-refractivity contribution is 7.99. The van der Waals surface area contributed by atoms with Crippen LogP contribution in [0.3, 0.4) is 0 Å². The normalized spacial score (nSPS) is 11.9. The maximum atomic E-state index is 12.3. The summed E-state index contributed by atoms with van der Waals surface area (Å²) < 4.78 is 7.95. The quantitative estimate of drug-likeness (QED) is 0.545. The van der Waals surface area contributed by atoms with Crippen LogP contribution in [0, 0.1) is 27.7 Å². The molecular formula is C23H28N4O2S. The fraction of sp³-hybridized carbons (Fsp3) is 0.348. The van der Waals surface area contributed by atoms with Gasteiger partial charge in [0.2, 0.25) is 5.91 Å². The van der Waals surface area contributed by atoms with Crippen LogP contribution in [0.1, 0.15) is 41.1 Å². The maximum Gasteiger partial charge on any atom is 0.234 e. The molecule has 0 spiro atoms. The average Bonchev–Trinajstić information content (AvgIpc) is 3.03. The zero-order valence-electron chi connectivity index (χ0n) is 18.3. The van der Waals surface area contributed by atoms with Gasteiger partial charge in [-0.3, -0.25) is 4.79 Å². The lowest BCUT2D eigenvalue weighted by molar-refractivity contribution is -0.113. The third kappa shape index (κ3) is 5.42. The molecule has 0 saturated heterocycles. The average molecular weight is 425 g/mol.